The molecule has 3 heteroatoms. The predicted octanol–water partition coefficient (Wildman–Crippen LogP) is 0.864. The van der Waals surface area contributed by atoms with Crippen LogP contribution in [0.25, 0.3) is 0 Å². The molecule has 0 heterocycles. The zero-order chi connectivity index (χ0) is 7.98. The van der Waals surface area contributed by atoms with Crippen LogP contribution in [0.4, 0.5) is 0 Å². The van der Waals surface area contributed by atoms with Gasteiger partial charge in [0.1, 0.15) is 0 Å². The van der Waals surface area contributed by atoms with Gasteiger partial charge in [0.2, 0.25) is 0 Å². The van der Waals surface area contributed by atoms with Crippen molar-refractivity contribution < 1.29 is 9.68 Å². The highest BCUT2D eigenvalue weighted by atomic mass is 16.5. The number of hydrogen-bond donors (Lipinski definition) is 1. The predicted molar refractivity (Wildman–Crippen MR) is 43.9 cm³/mol. The molecule has 0 aliphatic heterocycles. The third-order valence-electron chi connectivity index (χ3n) is 1.61. The lowest BCUT2D eigenvalue weighted by molar-refractivity contribution is 0.252. The fraction of sp³-hybridized carbons (Fsp3) is 0.714. The summed E-state index contributed by atoms with van der Waals surface area (Å²) in [5.74, 6) is 0.358. The van der Waals surface area contributed by atoms with Gasteiger partial charge < -0.3 is 9.68 Å². The molecule has 0 amide bonds. The first kappa shape index (κ1) is 9.72. The minimum Gasteiger partial charge on any atom is -0.430 e. The molecule has 0 saturated carbocycles. The van der Waals surface area contributed by atoms with Crippen molar-refractivity contribution in [3.05, 3.63) is 12.2 Å². The molecule has 0 fully saturated rings. The Morgan fingerprint density at radius 3 is 2.80 bits per heavy atom. The molecule has 0 radical (unpaired) electrons. The fourth-order valence-corrected chi connectivity index (χ4v) is 0.696. The van der Waals surface area contributed by atoms with Gasteiger partial charge in [-0.1, -0.05) is 26.0 Å². The average Bonchev–Trinajstić information content (AvgIpc) is 1.98. The van der Waals surface area contributed by atoms with Gasteiger partial charge in [-0.25, -0.2) is 0 Å². The molecule has 1 unspecified atom stereocenters. The third-order valence-corrected chi connectivity index (χ3v) is 1.61. The smallest absolute Gasteiger partial charge is 0.430 e. The molecule has 0 bridgehead atoms. The molecule has 0 aliphatic carbocycles. The van der Waals surface area contributed by atoms with Gasteiger partial charge in [-0.2, -0.15) is 0 Å². The molecule has 58 valence electrons. The Kier molecular flexibility index (Phi) is 5.35. The Morgan fingerprint density at radius 2 is 2.40 bits per heavy atom. The molecule has 2 nitrogen and oxygen atoms in total. The summed E-state index contributed by atoms with van der Waals surface area (Å²) in [4.78, 5) is 0. The summed E-state index contributed by atoms with van der Waals surface area (Å²) in [5, 5.41) is 8.32. The molecule has 0 spiro atoms. The van der Waals surface area contributed by atoms with Crippen molar-refractivity contribution in [3.63, 3.8) is 0 Å². The first-order valence-electron chi connectivity index (χ1n) is 3.58. The minimum absolute atomic E-state index is 0.193. The number of rotatable bonds is 5. The lowest BCUT2D eigenvalue weighted by Gasteiger charge is -2.11. The zero-order valence-electron chi connectivity index (χ0n) is 6.76. The average molecular weight is 142 g/mol. The molecule has 1 N–H and O–H groups in total. The molecule has 0 saturated heterocycles. The monoisotopic (exact) mass is 142 g/mol. The molecular formula is C7H15BO2. The topological polar surface area (TPSA) is 29.5 Å². The van der Waals surface area contributed by atoms with Crippen molar-refractivity contribution in [2.75, 3.05) is 6.61 Å². The standard InChI is InChI=1S/C7H15BO2/c1-4-6(2)7(3)5-10-8-9/h7-9H,2,4-5H2,1,3H3. The van der Waals surface area contributed by atoms with E-state index in [1.165, 1.54) is 5.57 Å². The van der Waals surface area contributed by atoms with Crippen molar-refractivity contribution in [3.8, 4) is 0 Å². The highest BCUT2D eigenvalue weighted by molar-refractivity contribution is 6.15. The van der Waals surface area contributed by atoms with Gasteiger partial charge in [0.15, 0.2) is 0 Å². The Balaban J connectivity index is 3.41. The second kappa shape index (κ2) is 5.51. The van der Waals surface area contributed by atoms with Gasteiger partial charge in [-0.05, 0) is 12.3 Å². The molecule has 0 rings (SSSR count). The van der Waals surface area contributed by atoms with Gasteiger partial charge >= 0.3 is 7.69 Å². The van der Waals surface area contributed by atoms with Crippen LogP contribution in [0.2, 0.25) is 0 Å². The van der Waals surface area contributed by atoms with E-state index in [2.05, 4.69) is 13.5 Å². The molecule has 0 aromatic rings. The van der Waals surface area contributed by atoms with Crippen LogP contribution in [0.15, 0.2) is 12.2 Å². The fourth-order valence-electron chi connectivity index (χ4n) is 0.696. The van der Waals surface area contributed by atoms with Crippen molar-refractivity contribution in [1.29, 1.82) is 0 Å². The summed E-state index contributed by atoms with van der Waals surface area (Å²) in [7, 11) is -0.193. The molecule has 1 atom stereocenters. The zero-order valence-corrected chi connectivity index (χ0v) is 6.76. The highest BCUT2D eigenvalue weighted by Gasteiger charge is 2.03. The summed E-state index contributed by atoms with van der Waals surface area (Å²) in [6.45, 7) is 8.55. The van der Waals surface area contributed by atoms with E-state index in [1.807, 2.05) is 6.92 Å². The maximum Gasteiger partial charge on any atom is 0.435 e. The van der Waals surface area contributed by atoms with E-state index < -0.39 is 0 Å². The van der Waals surface area contributed by atoms with E-state index in [0.717, 1.165) is 6.42 Å². The van der Waals surface area contributed by atoms with Crippen molar-refractivity contribution >= 4 is 7.69 Å². The van der Waals surface area contributed by atoms with Crippen LogP contribution in [0.3, 0.4) is 0 Å². The van der Waals surface area contributed by atoms with E-state index >= 15 is 0 Å². The molecular weight excluding hydrogens is 127 g/mol. The maximum absolute atomic E-state index is 8.32. The van der Waals surface area contributed by atoms with Crippen LogP contribution >= 0.6 is 0 Å². The minimum atomic E-state index is -0.193. The van der Waals surface area contributed by atoms with E-state index in [1.54, 1.807) is 0 Å². The normalized spacial score (nSPS) is 12.7. The van der Waals surface area contributed by atoms with Gasteiger partial charge in [0, 0.05) is 6.61 Å². The van der Waals surface area contributed by atoms with Crippen LogP contribution in [0, 0.1) is 5.92 Å². The quantitative estimate of drug-likeness (QED) is 0.455. The Bertz CT molecular complexity index is 104. The first-order valence-corrected chi connectivity index (χ1v) is 3.58. The molecule has 0 aromatic heterocycles. The number of hydrogen-bond acceptors (Lipinski definition) is 2. The van der Waals surface area contributed by atoms with Gasteiger partial charge in [0.25, 0.3) is 0 Å². The van der Waals surface area contributed by atoms with Gasteiger partial charge in [-0.3, -0.25) is 0 Å². The van der Waals surface area contributed by atoms with Gasteiger partial charge in [-0.15, -0.1) is 0 Å². The van der Waals surface area contributed by atoms with Crippen LogP contribution in [-0.2, 0) is 4.65 Å². The van der Waals surface area contributed by atoms with Crippen molar-refractivity contribution in [1.82, 2.24) is 0 Å². The molecule has 0 aromatic carbocycles. The van der Waals surface area contributed by atoms with E-state index in [-0.39, 0.29) is 7.69 Å². The third kappa shape index (κ3) is 3.69. The molecule has 10 heavy (non-hydrogen) atoms. The lowest BCUT2D eigenvalue weighted by atomic mass is 10.0. The van der Waals surface area contributed by atoms with E-state index in [9.17, 15) is 0 Å². The summed E-state index contributed by atoms with van der Waals surface area (Å²) in [6, 6.07) is 0. The second-order valence-electron chi connectivity index (χ2n) is 2.41. The Hall–Kier alpha value is -0.275. The maximum atomic E-state index is 8.32. The summed E-state index contributed by atoms with van der Waals surface area (Å²) >= 11 is 0. The SMILES string of the molecule is C=C(CC)C(C)COBO. The lowest BCUT2D eigenvalue weighted by Crippen LogP contribution is -2.09. The highest BCUT2D eigenvalue weighted by Crippen LogP contribution is 2.10. The first-order chi connectivity index (χ1) is 4.72. The largest absolute Gasteiger partial charge is 0.435 e. The van der Waals surface area contributed by atoms with Crippen LogP contribution in [-0.4, -0.2) is 19.3 Å². The van der Waals surface area contributed by atoms with Crippen LogP contribution in [0.5, 0.6) is 0 Å². The summed E-state index contributed by atoms with van der Waals surface area (Å²) < 4.78 is 4.81. The Morgan fingerprint density at radius 1 is 1.80 bits per heavy atom. The van der Waals surface area contributed by atoms with Crippen LogP contribution in [0.1, 0.15) is 20.3 Å². The molecule has 0 aliphatic rings. The summed E-state index contributed by atoms with van der Waals surface area (Å²) in [5.41, 5.74) is 1.17. The Labute approximate surface area is 63.2 Å². The van der Waals surface area contributed by atoms with E-state index in [4.69, 9.17) is 9.68 Å². The van der Waals surface area contributed by atoms with Crippen molar-refractivity contribution in [2.45, 2.75) is 20.3 Å². The summed E-state index contributed by atoms with van der Waals surface area (Å²) in [6.07, 6.45) is 0.982. The van der Waals surface area contributed by atoms with Crippen LogP contribution < -0.4 is 0 Å². The van der Waals surface area contributed by atoms with Gasteiger partial charge in [0.05, 0.1) is 0 Å². The van der Waals surface area contributed by atoms with Crippen molar-refractivity contribution in [2.24, 2.45) is 5.92 Å². The van der Waals surface area contributed by atoms with E-state index in [0.29, 0.717) is 12.5 Å². The second-order valence-corrected chi connectivity index (χ2v) is 2.41.